The number of hydrogen-bond donors (Lipinski definition) is 2. The van der Waals surface area contributed by atoms with Gasteiger partial charge in [-0.25, -0.2) is 47.2 Å². The minimum atomic E-state index is -4.94. The van der Waals surface area contributed by atoms with Crippen molar-refractivity contribution in [3.05, 3.63) is 33.2 Å². The molecule has 1 aliphatic heterocycles. The molecular weight excluding hydrogens is 627 g/mol. The van der Waals surface area contributed by atoms with E-state index in [4.69, 9.17) is 37.3 Å². The molecule has 217 valence electrons. The Morgan fingerprint density at radius 2 is 1.00 bits per heavy atom. The maximum absolute atomic E-state index is 8.49. The van der Waals surface area contributed by atoms with E-state index in [1.165, 1.54) is 22.9 Å². The maximum Gasteiger partial charge on any atom is 2.00 e. The number of aromatic nitrogens is 2. The second-order valence-electron chi connectivity index (χ2n) is 7.37. The van der Waals surface area contributed by atoms with Gasteiger partial charge < -0.3 is 10.6 Å². The molecule has 1 radical (unpaired) electrons. The van der Waals surface area contributed by atoms with Crippen molar-refractivity contribution in [2.45, 2.75) is 25.9 Å². The Morgan fingerprint density at radius 3 is 1.30 bits per heavy atom. The third-order valence-electron chi connectivity index (χ3n) is 4.55. The van der Waals surface area contributed by atoms with Gasteiger partial charge in [0, 0.05) is 49.3 Å². The van der Waals surface area contributed by atoms with Gasteiger partial charge in [-0.2, -0.15) is 0 Å². The Morgan fingerprint density at radius 1 is 0.649 bits per heavy atom. The van der Waals surface area contributed by atoms with Gasteiger partial charge in [0.1, 0.15) is 10.0 Å². The van der Waals surface area contributed by atoms with Crippen molar-refractivity contribution in [1.82, 2.24) is 30.4 Å². The van der Waals surface area contributed by atoms with Crippen molar-refractivity contribution in [3.8, 4) is 0 Å². The zero-order valence-corrected chi connectivity index (χ0v) is 23.8. The van der Waals surface area contributed by atoms with Crippen LogP contribution in [0.4, 0.5) is 0 Å². The summed E-state index contributed by atoms with van der Waals surface area (Å²) in [5.41, 5.74) is 0. The fourth-order valence-electron chi connectivity index (χ4n) is 3.16. The van der Waals surface area contributed by atoms with Crippen LogP contribution in [0.3, 0.4) is 0 Å². The first-order valence-corrected chi connectivity index (χ1v) is 15.0. The molecule has 1 saturated heterocycles. The molecule has 2 aromatic rings. The average Bonchev–Trinajstić information content (AvgIpc) is 3.44. The van der Waals surface area contributed by atoms with Crippen LogP contribution in [0.2, 0.25) is 0 Å². The molecule has 14 nitrogen and oxygen atoms in total. The molecule has 2 aromatic heterocycles. The Labute approximate surface area is 238 Å². The smallest absolute Gasteiger partial charge is 0.315 e. The van der Waals surface area contributed by atoms with E-state index in [9.17, 15) is 0 Å². The van der Waals surface area contributed by atoms with Crippen molar-refractivity contribution < 1.29 is 74.8 Å². The summed E-state index contributed by atoms with van der Waals surface area (Å²) in [5.74, 6) is 0. The third kappa shape index (κ3) is 25.9. The normalized spacial score (nSPS) is 17.3. The summed E-state index contributed by atoms with van der Waals surface area (Å²) in [4.78, 5) is 13.9. The number of thiazole rings is 2. The molecular formula is C18H30Cl2CuN6O8S2. The topological polar surface area (TPSA) is 241 Å². The number of halogens is 2. The number of rotatable bonds is 4. The quantitative estimate of drug-likeness (QED) is 0.291. The molecule has 0 saturated carbocycles. The molecule has 1 fully saturated rings. The average molecular weight is 657 g/mol. The Kier molecular flexibility index (Phi) is 20.7. The molecule has 0 spiro atoms. The van der Waals surface area contributed by atoms with Crippen molar-refractivity contribution in [2.24, 2.45) is 0 Å². The second kappa shape index (κ2) is 20.7. The summed E-state index contributed by atoms with van der Waals surface area (Å²) in [6, 6.07) is 0. The maximum atomic E-state index is 8.49. The summed E-state index contributed by atoms with van der Waals surface area (Å²) in [7, 11) is -9.89. The van der Waals surface area contributed by atoms with Gasteiger partial charge in [0.15, 0.2) is 0 Å². The fourth-order valence-corrected chi connectivity index (χ4v) is 4.48. The molecule has 0 unspecified atom stereocenters. The van der Waals surface area contributed by atoms with Gasteiger partial charge in [-0.3, -0.25) is 9.80 Å². The van der Waals surface area contributed by atoms with Crippen LogP contribution in [0, 0.1) is 20.5 Å². The van der Waals surface area contributed by atoms with Crippen molar-refractivity contribution in [2.75, 3.05) is 52.4 Å². The van der Waals surface area contributed by atoms with Gasteiger partial charge >= 0.3 is 17.1 Å². The first kappa shape index (κ1) is 36.9. The Balaban J connectivity index is 0.00000101. The van der Waals surface area contributed by atoms with E-state index >= 15 is 0 Å². The zero-order valence-electron chi connectivity index (χ0n) is 19.7. The summed E-state index contributed by atoms with van der Waals surface area (Å²) in [6.07, 6.45) is 6.17. The van der Waals surface area contributed by atoms with Crippen molar-refractivity contribution in [3.63, 3.8) is 0 Å². The van der Waals surface area contributed by atoms with Gasteiger partial charge in [-0.1, -0.05) is 0 Å². The predicted molar refractivity (Wildman–Crippen MR) is 110 cm³/mol. The molecule has 0 aromatic carbocycles. The van der Waals surface area contributed by atoms with Crippen molar-refractivity contribution >= 4 is 22.7 Å². The van der Waals surface area contributed by atoms with Crippen LogP contribution in [0.15, 0.2) is 23.2 Å². The predicted octanol–water partition coefficient (Wildman–Crippen LogP) is -7.64. The van der Waals surface area contributed by atoms with E-state index in [0.717, 1.165) is 65.4 Å². The Hall–Kier alpha value is -0.121. The summed E-state index contributed by atoms with van der Waals surface area (Å²) < 4.78 is 67.9. The minimum absolute atomic E-state index is 0. The Bertz CT molecular complexity index is 683. The first-order chi connectivity index (χ1) is 16.9. The van der Waals surface area contributed by atoms with Gasteiger partial charge in [-0.05, 0) is 39.0 Å². The van der Waals surface area contributed by atoms with Crippen LogP contribution < -0.4 is 47.9 Å². The molecule has 0 bridgehead atoms. The van der Waals surface area contributed by atoms with E-state index in [2.05, 4.69) is 41.2 Å². The van der Waals surface area contributed by atoms with E-state index in [-0.39, 0.29) is 17.1 Å². The molecule has 0 atom stereocenters. The summed E-state index contributed by atoms with van der Waals surface area (Å²) in [6.45, 7) is 10.6. The van der Waals surface area contributed by atoms with Crippen LogP contribution in [-0.2, 0) is 30.2 Å². The van der Waals surface area contributed by atoms with Crippen LogP contribution >= 0.6 is 22.7 Å². The largest absolute Gasteiger partial charge is 2.00 e. The van der Waals surface area contributed by atoms with Crippen LogP contribution in [0.1, 0.15) is 22.9 Å². The first-order valence-electron chi connectivity index (χ1n) is 10.8. The molecule has 3 rings (SSSR count). The molecule has 0 aliphatic carbocycles. The SMILES string of the molecule is [Cu+2].[O-][Cl+3]([O-])([O-])[O-].[O-][Cl+3]([O-])([O-])[O-].c1csc(CN2CCCNCCN(Cc3nccs3)CCCNCC2)n1. The molecule has 2 N–H and O–H groups in total. The van der Waals surface area contributed by atoms with Gasteiger partial charge in [0.2, 0.25) is 0 Å². The van der Waals surface area contributed by atoms with E-state index in [1.54, 1.807) is 22.7 Å². The van der Waals surface area contributed by atoms with Crippen LogP contribution in [0.5, 0.6) is 0 Å². The minimum Gasteiger partial charge on any atom is -0.315 e. The standard InChI is InChI=1S/C18H30N6S2.2ClHO4.Cu/c1-3-19-5-12-24(16-18-22-8-14-26-18)10-2-4-20-6-11-23(9-1)15-17-21-7-13-25-17;2*2-1(3,4)5;/h7-8,13-14,19-20H,1-6,9-12,15-16H2;2*(H,2,3,4,5);/q;;;+2/p-2. The van der Waals surface area contributed by atoms with Crippen LogP contribution in [-0.4, -0.2) is 72.1 Å². The second-order valence-corrected chi connectivity index (χ2v) is 10.8. The molecule has 19 heteroatoms. The molecule has 3 heterocycles. The number of nitrogens with one attached hydrogen (secondary N) is 2. The van der Waals surface area contributed by atoms with E-state index in [0.29, 0.717) is 0 Å². The van der Waals surface area contributed by atoms with Gasteiger partial charge in [0.05, 0.1) is 13.1 Å². The van der Waals surface area contributed by atoms with E-state index < -0.39 is 20.5 Å². The summed E-state index contributed by atoms with van der Waals surface area (Å²) >= 11 is 3.51. The molecule has 0 amide bonds. The third-order valence-corrected chi connectivity index (χ3v) is 6.08. The van der Waals surface area contributed by atoms with Gasteiger partial charge in [-0.15, -0.1) is 43.2 Å². The van der Waals surface area contributed by atoms with Crippen molar-refractivity contribution in [1.29, 1.82) is 0 Å². The van der Waals surface area contributed by atoms with Gasteiger partial charge in [0.25, 0.3) is 0 Å². The fraction of sp³-hybridized carbons (Fsp3) is 0.667. The van der Waals surface area contributed by atoms with Crippen LogP contribution in [0.25, 0.3) is 0 Å². The molecule has 37 heavy (non-hydrogen) atoms. The molecule has 1 aliphatic rings. The zero-order chi connectivity index (χ0) is 26.9. The number of nitrogens with zero attached hydrogens (tertiary/aromatic N) is 4. The monoisotopic (exact) mass is 655 g/mol. The summed E-state index contributed by atoms with van der Waals surface area (Å²) in [5, 5.41) is 13.8. The van der Waals surface area contributed by atoms with E-state index in [1.807, 2.05) is 12.4 Å². The number of hydrogen-bond acceptors (Lipinski definition) is 16.